The van der Waals surface area contributed by atoms with Crippen LogP contribution >= 0.6 is 0 Å². The molecule has 4 amide bonds. The van der Waals surface area contributed by atoms with Crippen LogP contribution in [0.1, 0.15) is 33.6 Å². The minimum atomic E-state index is -1.79. The summed E-state index contributed by atoms with van der Waals surface area (Å²) in [5.74, 6) is -4.68. The average Bonchev–Trinajstić information content (AvgIpc) is 2.97. The Morgan fingerprint density at radius 3 is 2.07 bits per heavy atom. The van der Waals surface area contributed by atoms with E-state index >= 15 is 0 Å². The number of aliphatic carboxylic acids is 1. The number of hydrogen-bond acceptors (Lipinski definition) is 15. The summed E-state index contributed by atoms with van der Waals surface area (Å²) in [4.78, 5) is 60.1. The van der Waals surface area contributed by atoms with E-state index in [0.29, 0.717) is 0 Å². The number of amides is 4. The molecule has 13 N–H and O–H groups in total. The van der Waals surface area contributed by atoms with Crippen molar-refractivity contribution in [2.24, 2.45) is 11.5 Å². The Kier molecular flexibility index (Phi) is 14.4. The Labute approximate surface area is 257 Å². The molecule has 258 valence electrons. The number of ether oxygens (including phenoxy) is 4. The van der Waals surface area contributed by atoms with Crippen molar-refractivity contribution in [1.82, 2.24) is 16.0 Å². The average molecular weight is 654 g/mol. The molecule has 0 aromatic heterocycles. The summed E-state index contributed by atoms with van der Waals surface area (Å²) in [6.07, 6.45) is -14.3. The quantitative estimate of drug-likeness (QED) is 0.0782. The van der Waals surface area contributed by atoms with Gasteiger partial charge < -0.3 is 77.0 Å². The molecule has 0 spiro atoms. The maximum absolute atomic E-state index is 13.0. The van der Waals surface area contributed by atoms with Crippen LogP contribution in [0.25, 0.3) is 0 Å². The van der Waals surface area contributed by atoms with Gasteiger partial charge in [-0.25, -0.2) is 4.79 Å². The van der Waals surface area contributed by atoms with Gasteiger partial charge in [0.1, 0.15) is 60.9 Å². The summed E-state index contributed by atoms with van der Waals surface area (Å²) in [6.45, 7) is 2.09. The molecule has 0 radical (unpaired) electrons. The zero-order chi connectivity index (χ0) is 34.2. The summed E-state index contributed by atoms with van der Waals surface area (Å²) in [5, 5.41) is 66.9. The molecule has 2 heterocycles. The minimum Gasteiger partial charge on any atom is -0.480 e. The largest absolute Gasteiger partial charge is 0.480 e. The van der Waals surface area contributed by atoms with Crippen molar-refractivity contribution in [3.8, 4) is 0 Å². The number of nitrogens with one attached hydrogen (secondary N) is 3. The van der Waals surface area contributed by atoms with Crippen LogP contribution in [0.4, 0.5) is 0 Å². The van der Waals surface area contributed by atoms with Gasteiger partial charge in [-0.3, -0.25) is 19.2 Å². The van der Waals surface area contributed by atoms with Crippen molar-refractivity contribution in [3.63, 3.8) is 0 Å². The monoisotopic (exact) mass is 653 g/mol. The number of hydrogen-bond donors (Lipinski definition) is 11. The number of carboxylic acids is 1. The molecule has 0 unspecified atom stereocenters. The van der Waals surface area contributed by atoms with Gasteiger partial charge in [0.2, 0.25) is 23.6 Å². The molecular formula is C25H43N5O15. The Bertz CT molecular complexity index is 1050. The molecule has 20 nitrogen and oxygen atoms in total. The molecule has 13 atom stereocenters. The van der Waals surface area contributed by atoms with Gasteiger partial charge in [-0.2, -0.15) is 0 Å². The predicted octanol–water partition coefficient (Wildman–Crippen LogP) is -6.53. The third-order valence-electron chi connectivity index (χ3n) is 7.21. The van der Waals surface area contributed by atoms with Crippen LogP contribution in [0.2, 0.25) is 0 Å². The second-order valence-corrected chi connectivity index (χ2v) is 10.7. The van der Waals surface area contributed by atoms with Gasteiger partial charge in [-0.1, -0.05) is 0 Å². The van der Waals surface area contributed by atoms with E-state index in [0.717, 1.165) is 6.92 Å². The van der Waals surface area contributed by atoms with Crippen LogP contribution < -0.4 is 27.4 Å². The summed E-state index contributed by atoms with van der Waals surface area (Å²) >= 11 is 0. The van der Waals surface area contributed by atoms with Gasteiger partial charge in [0, 0.05) is 13.3 Å². The fourth-order valence-corrected chi connectivity index (χ4v) is 4.70. The highest BCUT2D eigenvalue weighted by molar-refractivity contribution is 5.91. The molecule has 2 saturated heterocycles. The number of aliphatic hydroxyl groups excluding tert-OH is 5. The van der Waals surface area contributed by atoms with E-state index in [1.165, 1.54) is 13.8 Å². The number of rotatable bonds is 15. The molecule has 2 rings (SSSR count). The number of carbonyl (C=O) groups excluding carboxylic acids is 4. The number of nitrogens with two attached hydrogens (primary N) is 2. The first kappa shape index (κ1) is 38.1. The first-order valence-electron chi connectivity index (χ1n) is 14.0. The molecule has 0 saturated carbocycles. The lowest BCUT2D eigenvalue weighted by molar-refractivity contribution is -0.331. The Morgan fingerprint density at radius 1 is 0.911 bits per heavy atom. The van der Waals surface area contributed by atoms with Gasteiger partial charge >= 0.3 is 5.97 Å². The van der Waals surface area contributed by atoms with Crippen LogP contribution in [0.15, 0.2) is 0 Å². The molecule has 0 aliphatic carbocycles. The molecular weight excluding hydrogens is 610 g/mol. The predicted molar refractivity (Wildman–Crippen MR) is 146 cm³/mol. The number of carbonyl (C=O) groups is 5. The summed E-state index contributed by atoms with van der Waals surface area (Å²) < 4.78 is 22.7. The van der Waals surface area contributed by atoms with E-state index in [9.17, 15) is 54.6 Å². The fraction of sp³-hybridized carbons (Fsp3) is 0.800. The summed E-state index contributed by atoms with van der Waals surface area (Å²) in [5.41, 5.74) is 11.0. The normalized spacial score (nSPS) is 33.7. The summed E-state index contributed by atoms with van der Waals surface area (Å²) in [6, 6.07) is -5.59. The van der Waals surface area contributed by atoms with Crippen LogP contribution in [0.3, 0.4) is 0 Å². The van der Waals surface area contributed by atoms with Crippen LogP contribution in [-0.2, 0) is 42.9 Å². The second kappa shape index (κ2) is 17.0. The first-order chi connectivity index (χ1) is 21.0. The molecule has 2 aliphatic rings. The van der Waals surface area contributed by atoms with E-state index in [-0.39, 0.29) is 12.8 Å². The molecule has 20 heteroatoms. The smallest absolute Gasteiger partial charge is 0.326 e. The van der Waals surface area contributed by atoms with Gasteiger partial charge in [-0.05, 0) is 20.3 Å². The van der Waals surface area contributed by atoms with E-state index in [2.05, 4.69) is 16.0 Å². The maximum atomic E-state index is 13.0. The van der Waals surface area contributed by atoms with Gasteiger partial charge in [0.05, 0.1) is 19.3 Å². The van der Waals surface area contributed by atoms with E-state index in [1.54, 1.807) is 0 Å². The van der Waals surface area contributed by atoms with Gasteiger partial charge in [-0.15, -0.1) is 0 Å². The molecule has 2 aliphatic heterocycles. The second-order valence-electron chi connectivity index (χ2n) is 10.7. The lowest BCUT2D eigenvalue weighted by atomic mass is 9.94. The van der Waals surface area contributed by atoms with Crippen molar-refractivity contribution < 1.29 is 73.6 Å². The Morgan fingerprint density at radius 2 is 1.53 bits per heavy atom. The number of aliphatic hydroxyl groups is 5. The van der Waals surface area contributed by atoms with Crippen molar-refractivity contribution in [2.75, 3.05) is 13.2 Å². The van der Waals surface area contributed by atoms with Gasteiger partial charge in [0.15, 0.2) is 12.6 Å². The van der Waals surface area contributed by atoms with Crippen LogP contribution in [0, 0.1) is 0 Å². The van der Waals surface area contributed by atoms with Crippen LogP contribution in [-0.4, -0.2) is 153 Å². The van der Waals surface area contributed by atoms with Crippen molar-refractivity contribution in [1.29, 1.82) is 0 Å². The lowest BCUT2D eigenvalue weighted by Crippen LogP contribution is -2.69. The highest BCUT2D eigenvalue weighted by Crippen LogP contribution is 2.30. The highest BCUT2D eigenvalue weighted by atomic mass is 16.7. The first-order valence-corrected chi connectivity index (χ1v) is 14.0. The zero-order valence-electron chi connectivity index (χ0n) is 24.8. The topological polar surface area (TPSA) is 332 Å². The zero-order valence-corrected chi connectivity index (χ0v) is 24.8. The third-order valence-corrected chi connectivity index (χ3v) is 7.21. The molecule has 2 fully saturated rings. The molecule has 0 aromatic carbocycles. The van der Waals surface area contributed by atoms with E-state index in [1.807, 2.05) is 0 Å². The third kappa shape index (κ3) is 10.2. The van der Waals surface area contributed by atoms with Crippen LogP contribution in [0.5, 0.6) is 0 Å². The lowest BCUT2D eigenvalue weighted by Gasteiger charge is -2.48. The van der Waals surface area contributed by atoms with Crippen molar-refractivity contribution in [2.45, 2.75) is 113 Å². The van der Waals surface area contributed by atoms with Gasteiger partial charge in [0.25, 0.3) is 0 Å². The standard InChI is InChI=1S/C25H43N5O15/c1-8(21(37)30-11(23(39)40)4-5-14(26)34)28-22(38)9(2)42-20-16(29-10(3)33)24(41)43-13(7-32)19(20)45-25-15(27)18(36)17(35)12(6-31)44-25/h8-9,11-13,15-20,24-25,31-32,35-36,41H,4-7,27H2,1-3H3,(H2,26,34)(H,28,38)(H,29,33)(H,30,37)(H,39,40)/t8-,9+,11+,12+,13+,15+,16+,17+,18+,19+,20+,24+,25-/m0/s1. The summed E-state index contributed by atoms with van der Waals surface area (Å²) in [7, 11) is 0. The maximum Gasteiger partial charge on any atom is 0.326 e. The van der Waals surface area contributed by atoms with E-state index in [4.69, 9.17) is 30.4 Å². The SMILES string of the molecule is CC(=O)N[C@@H]1[C@@H](O[C@H](C)C(=O)N[C@@H](C)C(=O)N[C@H](CCC(N)=O)C(=O)O)[C@H](O[C@@H]2O[C@H](CO)[C@@H](O)[C@H](O)[C@H]2N)[C@@H](CO)O[C@H]1O. The highest BCUT2D eigenvalue weighted by Gasteiger charge is 2.52. The molecule has 0 bridgehead atoms. The number of primary amides is 1. The Hall–Kier alpha value is -3.05. The molecule has 45 heavy (non-hydrogen) atoms. The molecule has 0 aromatic rings. The number of carboxylic acid groups (broad SMARTS) is 1. The Balaban J connectivity index is 2.25. The fourth-order valence-electron chi connectivity index (χ4n) is 4.70. The van der Waals surface area contributed by atoms with Crippen molar-refractivity contribution in [3.05, 3.63) is 0 Å². The minimum absolute atomic E-state index is 0.288. The van der Waals surface area contributed by atoms with Crippen molar-refractivity contribution >= 4 is 29.6 Å². The van der Waals surface area contributed by atoms with E-state index < -0.39 is 122 Å².